The van der Waals surface area contributed by atoms with Gasteiger partial charge in [-0.05, 0) is 62.7 Å². The molecule has 0 N–H and O–H groups in total. The Morgan fingerprint density at radius 3 is 1.29 bits per heavy atom. The summed E-state index contributed by atoms with van der Waals surface area (Å²) in [5.74, 6) is 1.99. The summed E-state index contributed by atoms with van der Waals surface area (Å²) in [5, 5.41) is 2.36. The number of thiophene rings is 1. The Bertz CT molecular complexity index is 2900. The van der Waals surface area contributed by atoms with Crippen LogP contribution in [0, 0.1) is 0 Å². The van der Waals surface area contributed by atoms with Crippen LogP contribution < -0.4 is 0 Å². The van der Waals surface area contributed by atoms with Gasteiger partial charge < -0.3 is 0 Å². The Balaban J connectivity index is 1.06. The Morgan fingerprint density at radius 2 is 0.709 bits per heavy atom. The van der Waals surface area contributed by atoms with E-state index in [0.717, 1.165) is 22.1 Å². The third-order valence-electron chi connectivity index (χ3n) is 10.2. The van der Waals surface area contributed by atoms with Gasteiger partial charge in [0.1, 0.15) is 0 Å². The molecule has 0 fully saturated rings. The second-order valence-electron chi connectivity index (χ2n) is 13.6. The minimum absolute atomic E-state index is 0.659. The van der Waals surface area contributed by atoms with E-state index in [1.54, 1.807) is 11.3 Å². The van der Waals surface area contributed by atoms with Crippen LogP contribution in [0.3, 0.4) is 0 Å². The van der Waals surface area contributed by atoms with Crippen LogP contribution in [-0.4, -0.2) is 15.0 Å². The van der Waals surface area contributed by atoms with Gasteiger partial charge in [-0.2, -0.15) is 0 Å². The molecule has 0 aliphatic carbocycles. The second-order valence-corrected chi connectivity index (χ2v) is 14.6. The molecular formula is C51H33N3S. The van der Waals surface area contributed by atoms with Gasteiger partial charge in [0.15, 0.2) is 17.5 Å². The highest BCUT2D eigenvalue weighted by atomic mass is 32.1. The molecule has 0 aliphatic heterocycles. The predicted molar refractivity (Wildman–Crippen MR) is 231 cm³/mol. The summed E-state index contributed by atoms with van der Waals surface area (Å²) in [7, 11) is 0. The molecule has 0 bridgehead atoms. The van der Waals surface area contributed by atoms with E-state index < -0.39 is 0 Å². The van der Waals surface area contributed by atoms with E-state index in [1.165, 1.54) is 59.3 Å². The zero-order valence-corrected chi connectivity index (χ0v) is 30.6. The minimum Gasteiger partial charge on any atom is -0.208 e. The van der Waals surface area contributed by atoms with Crippen molar-refractivity contribution in [2.75, 3.05) is 0 Å². The fourth-order valence-electron chi connectivity index (χ4n) is 7.52. The van der Waals surface area contributed by atoms with E-state index in [4.69, 9.17) is 15.0 Å². The molecule has 258 valence electrons. The highest BCUT2D eigenvalue weighted by Gasteiger charge is 2.18. The molecule has 8 aromatic carbocycles. The van der Waals surface area contributed by atoms with Crippen LogP contribution in [-0.2, 0) is 0 Å². The van der Waals surface area contributed by atoms with Gasteiger partial charge in [-0.1, -0.05) is 182 Å². The molecule has 3 nitrogen and oxygen atoms in total. The third kappa shape index (κ3) is 6.19. The molecule has 10 aromatic rings. The lowest BCUT2D eigenvalue weighted by Crippen LogP contribution is -2.00. The molecule has 4 heteroatoms. The summed E-state index contributed by atoms with van der Waals surface area (Å²) in [6.07, 6.45) is 0. The van der Waals surface area contributed by atoms with Gasteiger partial charge in [-0.25, -0.2) is 15.0 Å². The lowest BCUT2D eigenvalue weighted by molar-refractivity contribution is 1.08. The van der Waals surface area contributed by atoms with Gasteiger partial charge in [0.25, 0.3) is 0 Å². The number of hydrogen-bond donors (Lipinski definition) is 0. The first-order chi connectivity index (χ1) is 27.3. The van der Waals surface area contributed by atoms with E-state index in [0.29, 0.717) is 17.5 Å². The molecular weight excluding hydrogens is 687 g/mol. The average molecular weight is 720 g/mol. The van der Waals surface area contributed by atoms with Crippen molar-refractivity contribution in [3.63, 3.8) is 0 Å². The monoisotopic (exact) mass is 719 g/mol. The fourth-order valence-corrected chi connectivity index (χ4v) is 8.63. The highest BCUT2D eigenvalue weighted by Crippen LogP contribution is 2.42. The van der Waals surface area contributed by atoms with Crippen molar-refractivity contribution < 1.29 is 0 Å². The topological polar surface area (TPSA) is 38.7 Å². The van der Waals surface area contributed by atoms with Gasteiger partial charge in [0.05, 0.1) is 0 Å². The summed E-state index contributed by atoms with van der Waals surface area (Å²) in [6.45, 7) is 0. The Morgan fingerprint density at radius 1 is 0.273 bits per heavy atom. The lowest BCUT2D eigenvalue weighted by Gasteiger charge is -2.15. The number of hydrogen-bond acceptors (Lipinski definition) is 4. The van der Waals surface area contributed by atoms with Crippen molar-refractivity contribution in [1.82, 2.24) is 15.0 Å². The van der Waals surface area contributed by atoms with Crippen molar-refractivity contribution in [1.29, 1.82) is 0 Å². The van der Waals surface area contributed by atoms with Gasteiger partial charge in [-0.3, -0.25) is 0 Å². The predicted octanol–water partition coefficient (Wildman–Crippen LogP) is 13.9. The van der Waals surface area contributed by atoms with Gasteiger partial charge >= 0.3 is 0 Å². The number of benzene rings is 8. The SMILES string of the molecule is c1ccc(-c2nc(-c3ccccc3)nc(-c3cccc4sc5ccc(-c6ccc(-c7ccccc7-c7ccccc7-c7ccccc7)cc6)cc5c34)n2)cc1. The largest absolute Gasteiger partial charge is 0.208 e. The van der Waals surface area contributed by atoms with Crippen molar-refractivity contribution in [2.24, 2.45) is 0 Å². The van der Waals surface area contributed by atoms with E-state index in [2.05, 4.69) is 140 Å². The van der Waals surface area contributed by atoms with Gasteiger partial charge in [0.2, 0.25) is 0 Å². The smallest absolute Gasteiger partial charge is 0.164 e. The maximum absolute atomic E-state index is 5.09. The first-order valence-electron chi connectivity index (χ1n) is 18.4. The van der Waals surface area contributed by atoms with Crippen molar-refractivity contribution in [3.8, 4) is 78.7 Å². The standard InChI is InChI=1S/C51H33N3S/c1-4-15-35(16-5-1)40-21-10-12-23-42(40)43-24-13-11-22-41(43)36-29-27-34(28-30-36)39-31-32-46-45(33-39)48-44(25-14-26-47(48)55-46)51-53-49(37-17-6-2-7-18-37)52-50(54-51)38-19-8-3-9-20-38/h1-33H. The van der Waals surface area contributed by atoms with Gasteiger partial charge in [-0.15, -0.1) is 11.3 Å². The van der Waals surface area contributed by atoms with Crippen molar-refractivity contribution >= 4 is 31.5 Å². The fraction of sp³-hybridized carbons (Fsp3) is 0. The number of aromatic nitrogens is 3. The molecule has 0 amide bonds. The van der Waals surface area contributed by atoms with E-state index >= 15 is 0 Å². The van der Waals surface area contributed by atoms with Crippen LogP contribution in [0.5, 0.6) is 0 Å². The van der Waals surface area contributed by atoms with Crippen LogP contribution in [0.15, 0.2) is 200 Å². The van der Waals surface area contributed by atoms with Crippen LogP contribution in [0.1, 0.15) is 0 Å². The Kier molecular flexibility index (Phi) is 8.36. The zero-order valence-electron chi connectivity index (χ0n) is 29.8. The van der Waals surface area contributed by atoms with Gasteiger partial charge in [0, 0.05) is 36.9 Å². The van der Waals surface area contributed by atoms with Crippen LogP contribution in [0.4, 0.5) is 0 Å². The van der Waals surface area contributed by atoms with E-state index in [-0.39, 0.29) is 0 Å². The molecule has 55 heavy (non-hydrogen) atoms. The van der Waals surface area contributed by atoms with E-state index in [1.807, 2.05) is 60.7 Å². The number of fused-ring (bicyclic) bond motifs is 3. The summed E-state index contributed by atoms with van der Waals surface area (Å²) in [6, 6.07) is 70.6. The normalized spacial score (nSPS) is 11.3. The number of nitrogens with zero attached hydrogens (tertiary/aromatic N) is 3. The summed E-state index contributed by atoms with van der Waals surface area (Å²) in [5.41, 5.74) is 12.5. The van der Waals surface area contributed by atoms with Crippen LogP contribution in [0.2, 0.25) is 0 Å². The quantitative estimate of drug-likeness (QED) is 0.165. The highest BCUT2D eigenvalue weighted by molar-refractivity contribution is 7.26. The lowest BCUT2D eigenvalue weighted by atomic mass is 9.89. The summed E-state index contributed by atoms with van der Waals surface area (Å²) in [4.78, 5) is 15.1. The maximum atomic E-state index is 5.09. The molecule has 2 heterocycles. The Hall–Kier alpha value is -7.01. The summed E-state index contributed by atoms with van der Waals surface area (Å²) < 4.78 is 2.43. The molecule has 0 spiro atoms. The third-order valence-corrected chi connectivity index (χ3v) is 11.3. The average Bonchev–Trinajstić information content (AvgIpc) is 3.66. The molecule has 10 rings (SSSR count). The first kappa shape index (κ1) is 32.6. The van der Waals surface area contributed by atoms with E-state index in [9.17, 15) is 0 Å². The molecule has 0 unspecified atom stereocenters. The molecule has 0 saturated heterocycles. The first-order valence-corrected chi connectivity index (χ1v) is 19.3. The minimum atomic E-state index is 0.659. The van der Waals surface area contributed by atoms with Crippen molar-refractivity contribution in [2.45, 2.75) is 0 Å². The van der Waals surface area contributed by atoms with Crippen LogP contribution in [0.25, 0.3) is 98.8 Å². The maximum Gasteiger partial charge on any atom is 0.164 e. The molecule has 0 saturated carbocycles. The molecule has 0 aliphatic rings. The second kappa shape index (κ2) is 14.1. The Labute approximate surface area is 323 Å². The molecule has 2 aromatic heterocycles. The van der Waals surface area contributed by atoms with Crippen molar-refractivity contribution in [3.05, 3.63) is 200 Å². The van der Waals surface area contributed by atoms with Crippen LogP contribution >= 0.6 is 11.3 Å². The number of rotatable bonds is 7. The zero-order chi connectivity index (χ0) is 36.6. The molecule has 0 radical (unpaired) electrons. The molecule has 0 atom stereocenters. The summed E-state index contributed by atoms with van der Waals surface area (Å²) >= 11 is 1.80.